The molecule has 0 bridgehead atoms. The maximum atomic E-state index is 11.4. The van der Waals surface area contributed by atoms with Crippen LogP contribution in [-0.2, 0) is 4.79 Å². The molecular weight excluding hydrogens is 304 g/mol. The van der Waals surface area contributed by atoms with Gasteiger partial charge in [-0.3, -0.25) is 4.79 Å². The van der Waals surface area contributed by atoms with Crippen molar-refractivity contribution in [2.45, 2.75) is 0 Å². The van der Waals surface area contributed by atoms with Gasteiger partial charge < -0.3 is 16.0 Å². The van der Waals surface area contributed by atoms with E-state index in [-0.39, 0.29) is 5.78 Å². The fourth-order valence-electron chi connectivity index (χ4n) is 2.37. The second-order valence-corrected chi connectivity index (χ2v) is 5.79. The number of anilines is 1. The Morgan fingerprint density at radius 3 is 2.92 bits per heavy atom. The molecular formula is C17H20N6O. The zero-order valence-electron chi connectivity index (χ0n) is 13.7. The normalized spacial score (nSPS) is 16.2. The van der Waals surface area contributed by atoms with Gasteiger partial charge in [-0.2, -0.15) is 0 Å². The molecule has 0 aromatic carbocycles. The van der Waals surface area contributed by atoms with E-state index in [0.29, 0.717) is 22.9 Å². The molecule has 1 aliphatic rings. The highest BCUT2D eigenvalue weighted by atomic mass is 16.1. The average molecular weight is 324 g/mol. The first-order chi connectivity index (χ1) is 11.5. The first-order valence-corrected chi connectivity index (χ1v) is 7.69. The Hall–Kier alpha value is -2.93. The van der Waals surface area contributed by atoms with Crippen LogP contribution in [0.4, 0.5) is 11.5 Å². The van der Waals surface area contributed by atoms with Crippen molar-refractivity contribution in [2.75, 3.05) is 32.5 Å². The van der Waals surface area contributed by atoms with Gasteiger partial charge in [0, 0.05) is 25.4 Å². The number of likely N-dealkylation sites (N-methyl/N-ethyl adjacent to an activating group) is 1. The first kappa shape index (κ1) is 15.9. The first-order valence-electron chi connectivity index (χ1n) is 7.69. The number of nitrogens with two attached hydrogens (primary N) is 1. The van der Waals surface area contributed by atoms with E-state index >= 15 is 0 Å². The van der Waals surface area contributed by atoms with Crippen molar-refractivity contribution in [3.63, 3.8) is 0 Å². The van der Waals surface area contributed by atoms with Gasteiger partial charge in [0.1, 0.15) is 5.69 Å². The fraction of sp³-hybridized carbons (Fsp3) is 0.235. The van der Waals surface area contributed by atoms with Crippen LogP contribution >= 0.6 is 0 Å². The summed E-state index contributed by atoms with van der Waals surface area (Å²) in [4.78, 5) is 18.1. The molecule has 7 nitrogen and oxygen atoms in total. The third-order valence-corrected chi connectivity index (χ3v) is 3.60. The quantitative estimate of drug-likeness (QED) is 0.811. The van der Waals surface area contributed by atoms with Crippen LogP contribution in [0.3, 0.4) is 0 Å². The summed E-state index contributed by atoms with van der Waals surface area (Å²) in [5, 5.41) is 7.86. The van der Waals surface area contributed by atoms with Gasteiger partial charge >= 0.3 is 0 Å². The molecule has 7 heteroatoms. The van der Waals surface area contributed by atoms with Crippen molar-refractivity contribution in [1.29, 1.82) is 0 Å². The van der Waals surface area contributed by atoms with Crippen LogP contribution in [0.15, 0.2) is 53.3 Å². The Kier molecular flexibility index (Phi) is 4.43. The number of ketones is 1. The SMILES string of the molecule is CN(C)CCNc1nn2ccccc2c1/N=C1\C=CC(=O)C=C1N. The van der Waals surface area contributed by atoms with Crippen LogP contribution in [0.2, 0.25) is 0 Å². The lowest BCUT2D eigenvalue weighted by Gasteiger charge is -2.10. The second-order valence-electron chi connectivity index (χ2n) is 5.79. The number of rotatable bonds is 5. The highest BCUT2D eigenvalue weighted by Crippen LogP contribution is 2.30. The number of fused-ring (bicyclic) bond motifs is 1. The number of allylic oxidation sites excluding steroid dienone is 3. The van der Waals surface area contributed by atoms with Crippen LogP contribution in [0.1, 0.15) is 0 Å². The van der Waals surface area contributed by atoms with Gasteiger partial charge in [-0.25, -0.2) is 9.51 Å². The third kappa shape index (κ3) is 3.36. The maximum absolute atomic E-state index is 11.4. The summed E-state index contributed by atoms with van der Waals surface area (Å²) in [6.07, 6.45) is 6.34. The standard InChI is InChI=1S/C17H20N6O/c1-22(2)10-8-19-17-16(15-5-3-4-9-23(15)21-17)20-14-7-6-12(24)11-13(14)18/h3-7,9,11H,8,10,18H2,1-2H3,(H,19,21)/b20-14+. The second kappa shape index (κ2) is 6.67. The highest BCUT2D eigenvalue weighted by Gasteiger charge is 2.15. The highest BCUT2D eigenvalue weighted by molar-refractivity contribution is 6.20. The average Bonchev–Trinajstić information content (AvgIpc) is 2.87. The Morgan fingerprint density at radius 1 is 1.33 bits per heavy atom. The zero-order chi connectivity index (χ0) is 17.1. The number of aliphatic imine (C=N–C) groups is 1. The van der Waals surface area contributed by atoms with E-state index in [4.69, 9.17) is 5.73 Å². The molecule has 2 heterocycles. The Balaban J connectivity index is 2.00. The lowest BCUT2D eigenvalue weighted by atomic mass is 10.1. The predicted molar refractivity (Wildman–Crippen MR) is 95.7 cm³/mol. The Bertz CT molecular complexity index is 859. The molecule has 3 rings (SSSR count). The number of aromatic nitrogens is 2. The van der Waals surface area contributed by atoms with Gasteiger partial charge in [-0.15, -0.1) is 5.10 Å². The number of nitrogens with zero attached hydrogens (tertiary/aromatic N) is 4. The van der Waals surface area contributed by atoms with Crippen LogP contribution in [0, 0.1) is 0 Å². The summed E-state index contributed by atoms with van der Waals surface area (Å²) in [5.41, 5.74) is 8.42. The van der Waals surface area contributed by atoms with Crippen molar-refractivity contribution in [2.24, 2.45) is 10.7 Å². The number of hydrogen-bond acceptors (Lipinski definition) is 6. The van der Waals surface area contributed by atoms with Crippen LogP contribution in [0.5, 0.6) is 0 Å². The van der Waals surface area contributed by atoms with Crippen molar-refractivity contribution in [1.82, 2.24) is 14.5 Å². The van der Waals surface area contributed by atoms with Crippen molar-refractivity contribution >= 4 is 28.5 Å². The van der Waals surface area contributed by atoms with Gasteiger partial charge in [0.25, 0.3) is 0 Å². The molecule has 1 aliphatic carbocycles. The van der Waals surface area contributed by atoms with Gasteiger partial charge in [0.2, 0.25) is 0 Å². The summed E-state index contributed by atoms with van der Waals surface area (Å²) < 4.78 is 1.77. The molecule has 2 aromatic heterocycles. The number of carbonyl (C=O) groups is 1. The van der Waals surface area contributed by atoms with Crippen molar-refractivity contribution < 1.29 is 4.79 Å². The van der Waals surface area contributed by atoms with E-state index in [2.05, 4.69) is 20.3 Å². The predicted octanol–water partition coefficient (Wildman–Crippen LogP) is 1.36. The minimum Gasteiger partial charge on any atom is -0.397 e. The van der Waals surface area contributed by atoms with Crippen LogP contribution < -0.4 is 11.1 Å². The molecule has 2 aromatic rings. The molecule has 124 valence electrons. The lowest BCUT2D eigenvalue weighted by Crippen LogP contribution is -2.21. The van der Waals surface area contributed by atoms with E-state index < -0.39 is 0 Å². The third-order valence-electron chi connectivity index (χ3n) is 3.60. The van der Waals surface area contributed by atoms with Gasteiger partial charge in [0.05, 0.1) is 16.9 Å². The summed E-state index contributed by atoms with van der Waals surface area (Å²) in [7, 11) is 4.03. The van der Waals surface area contributed by atoms with E-state index in [1.807, 2.05) is 38.5 Å². The molecule has 3 N–H and O–H groups in total. The Labute approximate surface area is 140 Å². The lowest BCUT2D eigenvalue weighted by molar-refractivity contribution is -0.110. The van der Waals surface area contributed by atoms with Gasteiger partial charge in [-0.1, -0.05) is 6.07 Å². The smallest absolute Gasteiger partial charge is 0.180 e. The van der Waals surface area contributed by atoms with E-state index in [0.717, 1.165) is 18.6 Å². The fourth-order valence-corrected chi connectivity index (χ4v) is 2.37. The molecule has 0 spiro atoms. The van der Waals surface area contributed by atoms with E-state index in [1.165, 1.54) is 12.2 Å². The molecule has 0 radical (unpaired) electrons. The number of nitrogens with one attached hydrogen (secondary N) is 1. The molecule has 0 aliphatic heterocycles. The molecule has 0 amide bonds. The molecule has 0 atom stereocenters. The molecule has 0 saturated heterocycles. The molecule has 24 heavy (non-hydrogen) atoms. The van der Waals surface area contributed by atoms with Gasteiger partial charge in [-0.05, 0) is 38.4 Å². The van der Waals surface area contributed by atoms with E-state index in [9.17, 15) is 4.79 Å². The van der Waals surface area contributed by atoms with Gasteiger partial charge in [0.15, 0.2) is 11.6 Å². The topological polar surface area (TPSA) is 88.0 Å². The molecule has 0 fully saturated rings. The largest absolute Gasteiger partial charge is 0.397 e. The summed E-state index contributed by atoms with van der Waals surface area (Å²) >= 11 is 0. The van der Waals surface area contributed by atoms with Crippen LogP contribution in [-0.4, -0.2) is 53.2 Å². The Morgan fingerprint density at radius 2 is 2.17 bits per heavy atom. The van der Waals surface area contributed by atoms with Crippen LogP contribution in [0.25, 0.3) is 5.52 Å². The number of pyridine rings is 1. The van der Waals surface area contributed by atoms with Crippen molar-refractivity contribution in [3.8, 4) is 0 Å². The number of carbonyl (C=O) groups excluding carboxylic acids is 1. The van der Waals surface area contributed by atoms with Crippen molar-refractivity contribution in [3.05, 3.63) is 48.3 Å². The number of hydrogen-bond donors (Lipinski definition) is 2. The molecule has 0 unspecified atom stereocenters. The minimum absolute atomic E-state index is 0.129. The summed E-state index contributed by atoms with van der Waals surface area (Å²) in [6.45, 7) is 1.62. The zero-order valence-corrected chi connectivity index (χ0v) is 13.7. The maximum Gasteiger partial charge on any atom is 0.180 e. The minimum atomic E-state index is -0.129. The summed E-state index contributed by atoms with van der Waals surface area (Å²) in [5.74, 6) is 0.560. The molecule has 0 saturated carbocycles. The summed E-state index contributed by atoms with van der Waals surface area (Å²) in [6, 6.07) is 5.79. The monoisotopic (exact) mass is 324 g/mol. The van der Waals surface area contributed by atoms with E-state index in [1.54, 1.807) is 10.6 Å².